The molecule has 0 aliphatic carbocycles. The van der Waals surface area contributed by atoms with Crippen LogP contribution in [0.2, 0.25) is 0 Å². The summed E-state index contributed by atoms with van der Waals surface area (Å²) >= 11 is 0. The maximum absolute atomic E-state index is 13.1. The molecule has 0 spiro atoms. The molecule has 3 aliphatic heterocycles. The molecule has 1 aromatic heterocycles. The smallest absolute Gasteiger partial charge is 0.410 e. The number of hydrogen-bond acceptors (Lipinski definition) is 7. The van der Waals surface area contributed by atoms with Crippen molar-refractivity contribution in [3.63, 3.8) is 0 Å². The number of carbonyl (C=O) groups excluding carboxylic acids is 4. The van der Waals surface area contributed by atoms with Crippen LogP contribution >= 0.6 is 0 Å². The second-order valence-corrected chi connectivity index (χ2v) is 10.5. The van der Waals surface area contributed by atoms with E-state index in [0.29, 0.717) is 39.0 Å². The number of nitrogens with one attached hydrogen (secondary N) is 1. The molecule has 10 nitrogen and oxygen atoms in total. The standard InChI is InChI=1S/C25H35N5O5/c1-25(2,3)35-24(34)30-14-12-29(13-15-30)23(33)17-8-10-28(11-9-17)20-6-4-18(16-26-20)19-5-7-21(31)27-22(19)32/h4,6,16-17,19H,5,7-15H2,1-3H3,(H,27,31,32). The zero-order valence-corrected chi connectivity index (χ0v) is 20.8. The maximum Gasteiger partial charge on any atom is 0.410 e. The third-order valence-electron chi connectivity index (χ3n) is 6.82. The van der Waals surface area contributed by atoms with Crippen LogP contribution in [0.5, 0.6) is 0 Å². The number of piperidine rings is 2. The number of ether oxygens (including phenoxy) is 1. The highest BCUT2D eigenvalue weighted by atomic mass is 16.6. The van der Waals surface area contributed by atoms with Gasteiger partial charge in [-0.05, 0) is 51.7 Å². The number of rotatable bonds is 3. The topological polar surface area (TPSA) is 112 Å². The highest BCUT2D eigenvalue weighted by Crippen LogP contribution is 2.28. The SMILES string of the molecule is CC(C)(C)OC(=O)N1CCN(C(=O)C2CCN(c3ccc(C4CCC(=O)NC4=O)cn3)CC2)CC1. The van der Waals surface area contributed by atoms with E-state index in [1.165, 1.54) is 0 Å². The Kier molecular flexibility index (Phi) is 7.28. The summed E-state index contributed by atoms with van der Waals surface area (Å²) in [5.41, 5.74) is 0.285. The number of piperazine rings is 1. The van der Waals surface area contributed by atoms with Crippen molar-refractivity contribution in [3.8, 4) is 0 Å². The lowest BCUT2D eigenvalue weighted by Gasteiger charge is -2.39. The number of pyridine rings is 1. The van der Waals surface area contributed by atoms with E-state index in [9.17, 15) is 19.2 Å². The molecule has 190 valence electrons. The van der Waals surface area contributed by atoms with Gasteiger partial charge in [-0.25, -0.2) is 9.78 Å². The van der Waals surface area contributed by atoms with Crippen LogP contribution in [-0.4, -0.2) is 83.5 Å². The molecule has 1 atom stereocenters. The summed E-state index contributed by atoms with van der Waals surface area (Å²) in [5.74, 6) is 0.142. The summed E-state index contributed by atoms with van der Waals surface area (Å²) < 4.78 is 5.43. The van der Waals surface area contributed by atoms with Crippen molar-refractivity contribution in [3.05, 3.63) is 23.9 Å². The van der Waals surface area contributed by atoms with Crippen LogP contribution in [0.15, 0.2) is 18.3 Å². The first-order valence-electron chi connectivity index (χ1n) is 12.4. The van der Waals surface area contributed by atoms with Crippen molar-refractivity contribution in [1.82, 2.24) is 20.1 Å². The molecule has 4 amide bonds. The Hall–Kier alpha value is -3.17. The Morgan fingerprint density at radius 1 is 0.971 bits per heavy atom. The molecular formula is C25H35N5O5. The number of hydrogen-bond donors (Lipinski definition) is 1. The lowest BCUT2D eigenvalue weighted by Crippen LogP contribution is -2.53. The summed E-state index contributed by atoms with van der Waals surface area (Å²) in [4.78, 5) is 59.1. The zero-order valence-electron chi connectivity index (χ0n) is 20.8. The van der Waals surface area contributed by atoms with Crippen molar-refractivity contribution in [1.29, 1.82) is 0 Å². The predicted molar refractivity (Wildman–Crippen MR) is 129 cm³/mol. The molecule has 1 unspecified atom stereocenters. The normalized spacial score (nSPS) is 22.1. The lowest BCUT2D eigenvalue weighted by molar-refractivity contribution is -0.138. The number of carbonyl (C=O) groups is 4. The lowest BCUT2D eigenvalue weighted by atomic mass is 9.91. The fourth-order valence-corrected chi connectivity index (χ4v) is 4.85. The first kappa shape index (κ1) is 24.9. The quantitative estimate of drug-likeness (QED) is 0.651. The van der Waals surface area contributed by atoms with E-state index >= 15 is 0 Å². The van der Waals surface area contributed by atoms with Crippen LogP contribution in [0.25, 0.3) is 0 Å². The van der Waals surface area contributed by atoms with E-state index in [4.69, 9.17) is 4.74 Å². The van der Waals surface area contributed by atoms with E-state index in [1.807, 2.05) is 37.8 Å². The molecule has 10 heteroatoms. The van der Waals surface area contributed by atoms with Crippen LogP contribution in [0.1, 0.15) is 57.9 Å². The molecule has 3 saturated heterocycles. The van der Waals surface area contributed by atoms with Crippen LogP contribution in [0.3, 0.4) is 0 Å². The number of amides is 4. The highest BCUT2D eigenvalue weighted by molar-refractivity contribution is 6.00. The summed E-state index contributed by atoms with van der Waals surface area (Å²) in [6, 6.07) is 3.82. The Bertz CT molecular complexity index is 957. The number of aromatic nitrogens is 1. The molecule has 1 N–H and O–H groups in total. The van der Waals surface area contributed by atoms with Crippen molar-refractivity contribution in [2.45, 2.75) is 58.0 Å². The Balaban J connectivity index is 1.24. The molecule has 3 fully saturated rings. The van der Waals surface area contributed by atoms with Gasteiger partial charge in [-0.1, -0.05) is 6.07 Å². The van der Waals surface area contributed by atoms with Crippen LogP contribution in [0, 0.1) is 5.92 Å². The van der Waals surface area contributed by atoms with Gasteiger partial charge in [-0.3, -0.25) is 19.7 Å². The fraction of sp³-hybridized carbons (Fsp3) is 0.640. The Morgan fingerprint density at radius 2 is 1.63 bits per heavy atom. The maximum atomic E-state index is 13.1. The van der Waals surface area contributed by atoms with Crippen molar-refractivity contribution >= 4 is 29.6 Å². The first-order chi connectivity index (χ1) is 16.6. The summed E-state index contributed by atoms with van der Waals surface area (Å²) in [5, 5.41) is 2.39. The second kappa shape index (κ2) is 10.2. The number of nitrogens with zero attached hydrogens (tertiary/aromatic N) is 4. The van der Waals surface area contributed by atoms with Crippen LogP contribution < -0.4 is 10.2 Å². The summed E-state index contributed by atoms with van der Waals surface area (Å²) in [6.45, 7) is 9.05. The van der Waals surface area contributed by atoms with Gasteiger partial charge in [0.2, 0.25) is 17.7 Å². The van der Waals surface area contributed by atoms with Crippen LogP contribution in [-0.2, 0) is 19.1 Å². The minimum atomic E-state index is -0.530. The molecule has 35 heavy (non-hydrogen) atoms. The highest BCUT2D eigenvalue weighted by Gasteiger charge is 2.33. The van der Waals surface area contributed by atoms with Crippen molar-refractivity contribution < 1.29 is 23.9 Å². The number of imide groups is 1. The monoisotopic (exact) mass is 485 g/mol. The summed E-state index contributed by atoms with van der Waals surface area (Å²) in [6.07, 6.45) is 3.75. The number of anilines is 1. The first-order valence-corrected chi connectivity index (χ1v) is 12.4. The van der Waals surface area contributed by atoms with E-state index in [-0.39, 0.29) is 35.7 Å². The molecular weight excluding hydrogens is 450 g/mol. The van der Waals surface area contributed by atoms with E-state index in [0.717, 1.165) is 37.3 Å². The van der Waals surface area contributed by atoms with Gasteiger partial charge in [0.1, 0.15) is 11.4 Å². The molecule has 3 aliphatic rings. The van der Waals surface area contributed by atoms with Gasteiger partial charge in [0.25, 0.3) is 0 Å². The van der Waals surface area contributed by atoms with E-state index < -0.39 is 5.60 Å². The summed E-state index contributed by atoms with van der Waals surface area (Å²) in [7, 11) is 0. The minimum absolute atomic E-state index is 0.0259. The van der Waals surface area contributed by atoms with Gasteiger partial charge in [-0.2, -0.15) is 0 Å². The molecule has 0 saturated carbocycles. The Morgan fingerprint density at radius 3 is 2.20 bits per heavy atom. The average Bonchev–Trinajstić information content (AvgIpc) is 2.83. The molecule has 4 rings (SSSR count). The van der Waals surface area contributed by atoms with Gasteiger partial charge < -0.3 is 19.4 Å². The second-order valence-electron chi connectivity index (χ2n) is 10.5. The third-order valence-corrected chi connectivity index (χ3v) is 6.82. The van der Waals surface area contributed by atoms with Crippen LogP contribution in [0.4, 0.5) is 10.6 Å². The minimum Gasteiger partial charge on any atom is -0.444 e. The molecule has 1 aromatic rings. The van der Waals surface area contributed by atoms with Crippen molar-refractivity contribution in [2.75, 3.05) is 44.2 Å². The van der Waals surface area contributed by atoms with E-state index in [1.54, 1.807) is 11.1 Å². The van der Waals surface area contributed by atoms with E-state index in [2.05, 4.69) is 15.2 Å². The third kappa shape index (κ3) is 6.10. The Labute approximate surface area is 206 Å². The fourth-order valence-electron chi connectivity index (χ4n) is 4.85. The molecule has 0 bridgehead atoms. The molecule has 4 heterocycles. The zero-order chi connectivity index (χ0) is 25.2. The van der Waals surface area contributed by atoms with Crippen molar-refractivity contribution in [2.24, 2.45) is 5.92 Å². The average molecular weight is 486 g/mol. The molecule has 0 aromatic carbocycles. The van der Waals surface area contributed by atoms with Gasteiger partial charge in [-0.15, -0.1) is 0 Å². The van der Waals surface area contributed by atoms with Gasteiger partial charge in [0.05, 0.1) is 5.92 Å². The predicted octanol–water partition coefficient (Wildman–Crippen LogP) is 1.90. The van der Waals surface area contributed by atoms with Gasteiger partial charge >= 0.3 is 6.09 Å². The van der Waals surface area contributed by atoms with Gasteiger partial charge in [0, 0.05) is 57.8 Å². The largest absolute Gasteiger partial charge is 0.444 e. The van der Waals surface area contributed by atoms with Gasteiger partial charge in [0.15, 0.2) is 0 Å². The molecule has 0 radical (unpaired) electrons.